The van der Waals surface area contributed by atoms with Gasteiger partial charge in [-0.2, -0.15) is 5.10 Å². The lowest BCUT2D eigenvalue weighted by atomic mass is 9.84. The van der Waals surface area contributed by atoms with Crippen LogP contribution in [-0.4, -0.2) is 33.4 Å². The first kappa shape index (κ1) is 18.3. The van der Waals surface area contributed by atoms with Gasteiger partial charge in [-0.05, 0) is 37.4 Å². The highest BCUT2D eigenvalue weighted by Crippen LogP contribution is 2.25. The zero-order valence-electron chi connectivity index (χ0n) is 13.4. The fourth-order valence-corrected chi connectivity index (χ4v) is 3.16. The molecule has 1 fully saturated rings. The van der Waals surface area contributed by atoms with Crippen LogP contribution in [0.4, 0.5) is 0 Å². The summed E-state index contributed by atoms with van der Waals surface area (Å²) in [6.45, 7) is 0.565. The van der Waals surface area contributed by atoms with Gasteiger partial charge < -0.3 is 16.2 Å². The molecule has 0 spiro atoms. The van der Waals surface area contributed by atoms with E-state index in [0.29, 0.717) is 12.5 Å². The molecule has 2 unspecified atom stereocenters. The normalized spacial score (nSPS) is 20.2. The molecule has 0 bridgehead atoms. The number of nitrogens with zero attached hydrogens (tertiary/aromatic N) is 2. The van der Waals surface area contributed by atoms with Crippen LogP contribution in [0.25, 0.3) is 5.69 Å². The first-order valence-corrected chi connectivity index (χ1v) is 8.04. The Morgan fingerprint density at radius 2 is 2.00 bits per heavy atom. The van der Waals surface area contributed by atoms with Crippen LogP contribution in [0.1, 0.15) is 36.2 Å². The molecule has 1 heterocycles. The number of amides is 1. The van der Waals surface area contributed by atoms with Gasteiger partial charge in [0.1, 0.15) is 0 Å². The Kier molecular flexibility index (Phi) is 6.23. The Hall–Kier alpha value is -2.05. The average molecular weight is 351 g/mol. The number of aromatic nitrogens is 2. The van der Waals surface area contributed by atoms with Crippen molar-refractivity contribution >= 4 is 18.3 Å². The average Bonchev–Trinajstić information content (AvgIpc) is 2.98. The van der Waals surface area contributed by atoms with Crippen LogP contribution in [0, 0.1) is 5.92 Å². The largest absolute Gasteiger partial charge is 0.504 e. The molecule has 3 rings (SSSR count). The van der Waals surface area contributed by atoms with E-state index in [4.69, 9.17) is 5.73 Å². The topological polar surface area (TPSA) is 93.2 Å². The molecule has 1 aromatic heterocycles. The second-order valence-corrected chi connectivity index (χ2v) is 6.00. The number of hydrogen-bond donors (Lipinski definition) is 3. The van der Waals surface area contributed by atoms with Crippen molar-refractivity contribution < 1.29 is 9.90 Å². The van der Waals surface area contributed by atoms with E-state index >= 15 is 0 Å². The Bertz CT molecular complexity index is 674. The van der Waals surface area contributed by atoms with Gasteiger partial charge in [0.05, 0.1) is 11.9 Å². The standard InChI is InChI=1S/C17H22N4O2.ClH/c18-10-12-6-4-5-9-14(12)19-17(23)16-15(22)11-21(20-16)13-7-2-1-3-8-13;/h1-3,7-8,11-12,14,22H,4-6,9-10,18H2,(H,19,23);1H. The third-order valence-electron chi connectivity index (χ3n) is 4.46. The van der Waals surface area contributed by atoms with Gasteiger partial charge in [-0.25, -0.2) is 4.68 Å². The summed E-state index contributed by atoms with van der Waals surface area (Å²) in [7, 11) is 0. The number of nitrogens with two attached hydrogens (primary N) is 1. The molecule has 1 saturated carbocycles. The Balaban J connectivity index is 0.00000208. The Morgan fingerprint density at radius 3 is 2.71 bits per heavy atom. The van der Waals surface area contributed by atoms with E-state index in [1.807, 2.05) is 30.3 Å². The van der Waals surface area contributed by atoms with Crippen LogP contribution in [0.5, 0.6) is 5.75 Å². The molecule has 2 atom stereocenters. The van der Waals surface area contributed by atoms with Crippen LogP contribution in [0.3, 0.4) is 0 Å². The maximum atomic E-state index is 12.5. The zero-order valence-corrected chi connectivity index (χ0v) is 14.2. The van der Waals surface area contributed by atoms with Gasteiger partial charge in [-0.1, -0.05) is 31.0 Å². The summed E-state index contributed by atoms with van der Waals surface area (Å²) in [6, 6.07) is 9.43. The molecule has 24 heavy (non-hydrogen) atoms. The molecule has 1 aliphatic rings. The molecule has 0 saturated heterocycles. The van der Waals surface area contributed by atoms with Crippen molar-refractivity contribution in [1.29, 1.82) is 0 Å². The molecule has 130 valence electrons. The van der Waals surface area contributed by atoms with Gasteiger partial charge in [0, 0.05) is 6.04 Å². The molecular weight excluding hydrogens is 328 g/mol. The number of hydrogen-bond acceptors (Lipinski definition) is 4. The van der Waals surface area contributed by atoms with E-state index in [1.54, 1.807) is 0 Å². The van der Waals surface area contributed by atoms with Crippen LogP contribution >= 0.6 is 12.4 Å². The second kappa shape index (κ2) is 8.17. The monoisotopic (exact) mass is 350 g/mol. The van der Waals surface area contributed by atoms with E-state index in [1.165, 1.54) is 10.9 Å². The predicted octanol–water partition coefficient (Wildman–Crippen LogP) is 2.25. The first-order valence-electron chi connectivity index (χ1n) is 8.04. The van der Waals surface area contributed by atoms with Crippen LogP contribution in [-0.2, 0) is 0 Å². The summed E-state index contributed by atoms with van der Waals surface area (Å²) >= 11 is 0. The number of carbonyl (C=O) groups is 1. The first-order chi connectivity index (χ1) is 11.2. The molecule has 1 amide bonds. The number of rotatable bonds is 4. The van der Waals surface area contributed by atoms with E-state index < -0.39 is 0 Å². The molecule has 1 aliphatic carbocycles. The van der Waals surface area contributed by atoms with Crippen LogP contribution in [0.2, 0.25) is 0 Å². The van der Waals surface area contributed by atoms with Gasteiger partial charge in [-0.15, -0.1) is 12.4 Å². The molecule has 1 aromatic carbocycles. The lowest BCUT2D eigenvalue weighted by Gasteiger charge is -2.31. The zero-order chi connectivity index (χ0) is 16.2. The highest BCUT2D eigenvalue weighted by atomic mass is 35.5. The summed E-state index contributed by atoms with van der Waals surface area (Å²) in [4.78, 5) is 12.5. The fourth-order valence-electron chi connectivity index (χ4n) is 3.16. The summed E-state index contributed by atoms with van der Waals surface area (Å²) in [6.07, 6.45) is 5.65. The van der Waals surface area contributed by atoms with Gasteiger partial charge in [0.25, 0.3) is 5.91 Å². The van der Waals surface area contributed by atoms with Crippen molar-refractivity contribution in [3.8, 4) is 11.4 Å². The fraction of sp³-hybridized carbons (Fsp3) is 0.412. The highest BCUT2D eigenvalue weighted by Gasteiger charge is 2.27. The molecule has 0 radical (unpaired) electrons. The number of carbonyl (C=O) groups excluding carboxylic acids is 1. The van der Waals surface area contributed by atoms with E-state index in [0.717, 1.165) is 31.4 Å². The summed E-state index contributed by atoms with van der Waals surface area (Å²) in [5.74, 6) is -0.167. The van der Waals surface area contributed by atoms with Crippen molar-refractivity contribution in [2.75, 3.05) is 6.54 Å². The Morgan fingerprint density at radius 1 is 1.29 bits per heavy atom. The maximum absolute atomic E-state index is 12.5. The van der Waals surface area contributed by atoms with Crippen LogP contribution in [0.15, 0.2) is 36.5 Å². The quantitative estimate of drug-likeness (QED) is 0.788. The predicted molar refractivity (Wildman–Crippen MR) is 94.7 cm³/mol. The molecule has 2 aromatic rings. The highest BCUT2D eigenvalue weighted by molar-refractivity contribution is 5.95. The van der Waals surface area contributed by atoms with Gasteiger partial charge in [0.2, 0.25) is 0 Å². The van der Waals surface area contributed by atoms with Gasteiger partial charge >= 0.3 is 0 Å². The summed E-state index contributed by atoms with van der Waals surface area (Å²) in [5, 5.41) is 17.3. The van der Waals surface area contributed by atoms with Crippen molar-refractivity contribution in [2.24, 2.45) is 11.7 Å². The number of benzene rings is 1. The minimum absolute atomic E-state index is 0. The van der Waals surface area contributed by atoms with Crippen molar-refractivity contribution in [3.05, 3.63) is 42.2 Å². The van der Waals surface area contributed by atoms with Gasteiger partial charge in [-0.3, -0.25) is 4.79 Å². The number of aromatic hydroxyl groups is 1. The third-order valence-corrected chi connectivity index (χ3v) is 4.46. The smallest absolute Gasteiger partial charge is 0.275 e. The van der Waals surface area contributed by atoms with Gasteiger partial charge in [0.15, 0.2) is 11.4 Å². The van der Waals surface area contributed by atoms with Crippen LogP contribution < -0.4 is 11.1 Å². The minimum Gasteiger partial charge on any atom is -0.504 e. The summed E-state index contributed by atoms with van der Waals surface area (Å²) in [5.41, 5.74) is 6.64. The SMILES string of the molecule is Cl.NCC1CCCCC1NC(=O)c1nn(-c2ccccc2)cc1O. The number of para-hydroxylation sites is 1. The second-order valence-electron chi connectivity index (χ2n) is 6.00. The van der Waals surface area contributed by atoms with E-state index in [-0.39, 0.29) is 35.8 Å². The van der Waals surface area contributed by atoms with Crippen molar-refractivity contribution in [3.63, 3.8) is 0 Å². The number of halogens is 1. The third kappa shape index (κ3) is 3.88. The lowest BCUT2D eigenvalue weighted by molar-refractivity contribution is 0.0900. The van der Waals surface area contributed by atoms with Crippen molar-refractivity contribution in [1.82, 2.24) is 15.1 Å². The molecule has 6 nitrogen and oxygen atoms in total. The molecule has 0 aliphatic heterocycles. The summed E-state index contributed by atoms with van der Waals surface area (Å²) < 4.78 is 1.51. The van der Waals surface area contributed by atoms with E-state index in [9.17, 15) is 9.90 Å². The van der Waals surface area contributed by atoms with Crippen molar-refractivity contribution in [2.45, 2.75) is 31.7 Å². The Labute approximate surface area is 147 Å². The molecular formula is C17H23ClN4O2. The molecule has 7 heteroatoms. The maximum Gasteiger partial charge on any atom is 0.275 e. The minimum atomic E-state index is -0.345. The number of nitrogens with one attached hydrogen (secondary N) is 1. The molecule has 4 N–H and O–H groups in total. The van der Waals surface area contributed by atoms with E-state index in [2.05, 4.69) is 10.4 Å². The lowest BCUT2D eigenvalue weighted by Crippen LogP contribution is -2.44.